The van der Waals surface area contributed by atoms with Crippen LogP contribution in [0, 0.1) is 17.8 Å². The number of halogens is 4. The molecule has 0 aromatic heterocycles. The van der Waals surface area contributed by atoms with Gasteiger partial charge in [0, 0.05) is 5.92 Å². The third kappa shape index (κ3) is 2.64. The van der Waals surface area contributed by atoms with Gasteiger partial charge in [-0.15, -0.1) is 0 Å². The third-order valence-electron chi connectivity index (χ3n) is 4.17. The smallest absolute Gasteiger partial charge is 0.325 e. The molecular weight excluding hydrogens is 291 g/mol. The number of benzene rings is 1. The normalized spacial score (nSPS) is 28.1. The van der Waals surface area contributed by atoms with Crippen molar-refractivity contribution in [2.24, 2.45) is 17.8 Å². The fourth-order valence-electron chi connectivity index (χ4n) is 2.96. The Balaban J connectivity index is 1.69. The van der Waals surface area contributed by atoms with Gasteiger partial charge in [-0.05, 0) is 49.3 Å². The second kappa shape index (κ2) is 4.65. The molecule has 6 heteroatoms. The number of carbonyl (C=O) groups is 1. The number of hydrogen-bond donors (Lipinski definition) is 1. The second-order valence-corrected chi connectivity index (χ2v) is 6.01. The van der Waals surface area contributed by atoms with E-state index in [0.717, 1.165) is 25.0 Å². The quantitative estimate of drug-likeness (QED) is 0.865. The Morgan fingerprint density at radius 3 is 2.40 bits per heavy atom. The van der Waals surface area contributed by atoms with Crippen LogP contribution in [-0.2, 0) is 11.0 Å². The van der Waals surface area contributed by atoms with Crippen molar-refractivity contribution < 1.29 is 18.0 Å². The number of anilines is 1. The molecule has 0 heterocycles. The Morgan fingerprint density at radius 2 is 1.85 bits per heavy atom. The van der Waals surface area contributed by atoms with Crippen molar-refractivity contribution in [3.63, 3.8) is 0 Å². The van der Waals surface area contributed by atoms with Gasteiger partial charge >= 0.3 is 6.18 Å². The first-order chi connectivity index (χ1) is 9.34. The third-order valence-corrected chi connectivity index (χ3v) is 4.48. The van der Waals surface area contributed by atoms with Crippen molar-refractivity contribution in [2.45, 2.75) is 25.4 Å². The maximum absolute atomic E-state index is 12.5. The minimum atomic E-state index is -4.43. The number of carbonyl (C=O) groups excluding carboxylic acids is 1. The molecule has 20 heavy (non-hydrogen) atoms. The molecule has 2 unspecified atom stereocenters. The molecular formula is C14H13ClF3NO. The highest BCUT2D eigenvalue weighted by Crippen LogP contribution is 2.54. The van der Waals surface area contributed by atoms with Crippen LogP contribution in [-0.4, -0.2) is 5.91 Å². The van der Waals surface area contributed by atoms with Gasteiger partial charge in [0.05, 0.1) is 16.3 Å². The highest BCUT2D eigenvalue weighted by Gasteiger charge is 2.48. The number of fused-ring (bicyclic) bond motifs is 1. The van der Waals surface area contributed by atoms with Crippen molar-refractivity contribution in [1.82, 2.24) is 0 Å². The average molecular weight is 304 g/mol. The van der Waals surface area contributed by atoms with Gasteiger partial charge in [0.25, 0.3) is 0 Å². The van der Waals surface area contributed by atoms with Crippen LogP contribution in [0.5, 0.6) is 0 Å². The molecule has 2 fully saturated rings. The Bertz CT molecular complexity index is 548. The molecule has 2 saturated carbocycles. The monoisotopic (exact) mass is 303 g/mol. The minimum absolute atomic E-state index is 0.0305. The first-order valence-corrected chi connectivity index (χ1v) is 6.90. The lowest BCUT2D eigenvalue weighted by Crippen LogP contribution is -2.21. The summed E-state index contributed by atoms with van der Waals surface area (Å²) in [5, 5.41) is 2.55. The molecule has 0 spiro atoms. The largest absolute Gasteiger partial charge is 0.416 e. The number of amides is 1. The molecule has 0 radical (unpaired) electrons. The van der Waals surface area contributed by atoms with E-state index >= 15 is 0 Å². The van der Waals surface area contributed by atoms with Crippen LogP contribution < -0.4 is 5.32 Å². The van der Waals surface area contributed by atoms with Gasteiger partial charge in [0.2, 0.25) is 5.91 Å². The Kier molecular flexibility index (Phi) is 3.20. The van der Waals surface area contributed by atoms with E-state index in [1.807, 2.05) is 0 Å². The van der Waals surface area contributed by atoms with E-state index in [9.17, 15) is 18.0 Å². The van der Waals surface area contributed by atoms with Crippen molar-refractivity contribution in [3.05, 3.63) is 28.8 Å². The van der Waals surface area contributed by atoms with Crippen LogP contribution in [0.4, 0.5) is 18.9 Å². The zero-order valence-corrected chi connectivity index (χ0v) is 11.3. The summed E-state index contributed by atoms with van der Waals surface area (Å²) in [6.07, 6.45) is -1.45. The highest BCUT2D eigenvalue weighted by atomic mass is 35.5. The predicted molar refractivity (Wildman–Crippen MR) is 69.4 cm³/mol. The predicted octanol–water partition coefficient (Wildman–Crippen LogP) is 4.34. The van der Waals surface area contributed by atoms with Gasteiger partial charge in [-0.3, -0.25) is 4.79 Å². The van der Waals surface area contributed by atoms with Gasteiger partial charge in [0.1, 0.15) is 0 Å². The molecule has 2 atom stereocenters. The lowest BCUT2D eigenvalue weighted by Gasteiger charge is -2.14. The molecule has 108 valence electrons. The topological polar surface area (TPSA) is 29.1 Å². The summed E-state index contributed by atoms with van der Waals surface area (Å²) < 4.78 is 37.5. The van der Waals surface area contributed by atoms with Crippen LogP contribution in [0.15, 0.2) is 18.2 Å². The van der Waals surface area contributed by atoms with Gasteiger partial charge in [-0.2, -0.15) is 13.2 Å². The van der Waals surface area contributed by atoms with E-state index in [-0.39, 0.29) is 22.5 Å². The summed E-state index contributed by atoms with van der Waals surface area (Å²) >= 11 is 5.81. The van der Waals surface area contributed by atoms with E-state index in [4.69, 9.17) is 11.6 Å². The Hall–Kier alpha value is -1.23. The molecule has 0 bridgehead atoms. The van der Waals surface area contributed by atoms with E-state index in [1.54, 1.807) is 0 Å². The summed E-state index contributed by atoms with van der Waals surface area (Å²) in [4.78, 5) is 12.0. The Morgan fingerprint density at radius 1 is 1.20 bits per heavy atom. The van der Waals surface area contributed by atoms with Gasteiger partial charge in [-0.25, -0.2) is 0 Å². The SMILES string of the molecule is O=C(Nc1ccc(C(F)(F)F)cc1Cl)C1CC2CC2C1. The second-order valence-electron chi connectivity index (χ2n) is 5.61. The summed E-state index contributed by atoms with van der Waals surface area (Å²) in [5.41, 5.74) is -0.576. The molecule has 2 aliphatic carbocycles. The maximum Gasteiger partial charge on any atom is 0.416 e. The summed E-state index contributed by atoms with van der Waals surface area (Å²) in [6, 6.07) is 2.97. The first kappa shape index (κ1) is 13.7. The molecule has 1 aromatic carbocycles. The van der Waals surface area contributed by atoms with Gasteiger partial charge in [0.15, 0.2) is 0 Å². The lowest BCUT2D eigenvalue weighted by atomic mass is 10.0. The number of nitrogens with one attached hydrogen (secondary N) is 1. The molecule has 0 saturated heterocycles. The molecule has 1 N–H and O–H groups in total. The van der Waals surface area contributed by atoms with Crippen LogP contribution >= 0.6 is 11.6 Å². The van der Waals surface area contributed by atoms with Gasteiger partial charge < -0.3 is 5.32 Å². The molecule has 2 aliphatic rings. The van der Waals surface area contributed by atoms with Crippen LogP contribution in [0.2, 0.25) is 5.02 Å². The van der Waals surface area contributed by atoms with Crippen molar-refractivity contribution >= 4 is 23.2 Å². The zero-order valence-electron chi connectivity index (χ0n) is 10.5. The molecule has 1 aromatic rings. The summed E-state index contributed by atoms with van der Waals surface area (Å²) in [5.74, 6) is 1.18. The minimum Gasteiger partial charge on any atom is -0.325 e. The van der Waals surface area contributed by atoms with Gasteiger partial charge in [-0.1, -0.05) is 11.6 Å². The molecule has 0 aliphatic heterocycles. The van der Waals surface area contributed by atoms with Crippen LogP contribution in [0.3, 0.4) is 0 Å². The molecule has 1 amide bonds. The number of hydrogen-bond acceptors (Lipinski definition) is 1. The maximum atomic E-state index is 12.5. The fourth-order valence-corrected chi connectivity index (χ4v) is 3.18. The van der Waals surface area contributed by atoms with Crippen molar-refractivity contribution in [3.8, 4) is 0 Å². The standard InChI is InChI=1S/C14H13ClF3NO/c15-11-6-10(14(16,17)18)1-2-12(11)19-13(20)9-4-7-3-8(7)5-9/h1-2,6-9H,3-5H2,(H,19,20). The highest BCUT2D eigenvalue weighted by molar-refractivity contribution is 6.33. The van der Waals surface area contributed by atoms with Crippen LogP contribution in [0.1, 0.15) is 24.8 Å². The first-order valence-electron chi connectivity index (χ1n) is 6.52. The van der Waals surface area contributed by atoms with Crippen LogP contribution in [0.25, 0.3) is 0 Å². The van der Waals surface area contributed by atoms with E-state index in [0.29, 0.717) is 11.8 Å². The summed E-state index contributed by atoms with van der Waals surface area (Å²) in [7, 11) is 0. The number of rotatable bonds is 2. The summed E-state index contributed by atoms with van der Waals surface area (Å²) in [6.45, 7) is 0. The van der Waals surface area contributed by atoms with E-state index in [2.05, 4.69) is 5.32 Å². The zero-order chi connectivity index (χ0) is 14.5. The lowest BCUT2D eigenvalue weighted by molar-refractivity contribution is -0.137. The van der Waals surface area contributed by atoms with E-state index < -0.39 is 11.7 Å². The fraction of sp³-hybridized carbons (Fsp3) is 0.500. The van der Waals surface area contributed by atoms with Crippen molar-refractivity contribution in [2.75, 3.05) is 5.32 Å². The molecule has 3 rings (SSSR count). The Labute approximate surface area is 119 Å². The molecule has 2 nitrogen and oxygen atoms in total. The number of alkyl halides is 3. The van der Waals surface area contributed by atoms with Crippen molar-refractivity contribution in [1.29, 1.82) is 0 Å². The average Bonchev–Trinajstić information content (AvgIpc) is 2.97. The van der Waals surface area contributed by atoms with E-state index in [1.165, 1.54) is 12.5 Å².